The van der Waals surface area contributed by atoms with Gasteiger partial charge in [0.1, 0.15) is 0 Å². The number of hydrogen-bond donors (Lipinski definition) is 0. The first kappa shape index (κ1) is 14.4. The van der Waals surface area contributed by atoms with Gasteiger partial charge in [0.05, 0.1) is 5.69 Å². The minimum absolute atomic E-state index is 1.02. The second kappa shape index (κ2) is 6.51. The number of aromatic nitrogens is 1. The summed E-state index contributed by atoms with van der Waals surface area (Å²) in [6.07, 6.45) is 6.13. The predicted octanol–water partition coefficient (Wildman–Crippen LogP) is 6.07. The average molecular weight is 307 g/mol. The molecule has 0 N–H and O–H groups in total. The van der Waals surface area contributed by atoms with E-state index in [0.717, 1.165) is 11.3 Å². The molecule has 4 rings (SSSR count). The van der Waals surface area contributed by atoms with Crippen LogP contribution in [0.1, 0.15) is 11.1 Å². The maximum absolute atomic E-state index is 4.66. The van der Waals surface area contributed by atoms with E-state index in [0.29, 0.717) is 0 Å². The predicted molar refractivity (Wildman–Crippen MR) is 103 cm³/mol. The van der Waals surface area contributed by atoms with E-state index in [1.165, 1.54) is 21.9 Å². The van der Waals surface area contributed by atoms with Gasteiger partial charge in [0.25, 0.3) is 0 Å². The molecule has 114 valence electrons. The lowest BCUT2D eigenvalue weighted by atomic mass is 9.98. The zero-order valence-corrected chi connectivity index (χ0v) is 13.3. The molecule has 0 atom stereocenters. The third kappa shape index (κ3) is 2.84. The summed E-state index contributed by atoms with van der Waals surface area (Å²) in [5, 5.41) is 2.46. The second-order valence-electron chi connectivity index (χ2n) is 5.71. The van der Waals surface area contributed by atoms with Crippen LogP contribution in [0.15, 0.2) is 91.1 Å². The highest BCUT2D eigenvalue weighted by molar-refractivity contribution is 5.97. The van der Waals surface area contributed by atoms with E-state index in [-0.39, 0.29) is 0 Å². The van der Waals surface area contributed by atoms with Gasteiger partial charge in [-0.25, -0.2) is 0 Å². The molecule has 24 heavy (non-hydrogen) atoms. The maximum Gasteiger partial charge on any atom is 0.0780 e. The van der Waals surface area contributed by atoms with Gasteiger partial charge in [-0.1, -0.05) is 91.0 Å². The van der Waals surface area contributed by atoms with Crippen LogP contribution in [0, 0.1) is 0 Å². The molecule has 1 heteroatoms. The van der Waals surface area contributed by atoms with Crippen molar-refractivity contribution in [2.75, 3.05) is 0 Å². The molecular weight excluding hydrogens is 290 g/mol. The van der Waals surface area contributed by atoms with Crippen molar-refractivity contribution in [3.8, 4) is 11.3 Å². The van der Waals surface area contributed by atoms with Gasteiger partial charge < -0.3 is 0 Å². The van der Waals surface area contributed by atoms with Crippen molar-refractivity contribution in [3.05, 3.63) is 102 Å². The van der Waals surface area contributed by atoms with E-state index in [1.54, 1.807) is 0 Å². The Morgan fingerprint density at radius 2 is 1.42 bits per heavy atom. The zero-order valence-electron chi connectivity index (χ0n) is 13.3. The summed E-state index contributed by atoms with van der Waals surface area (Å²) in [4.78, 5) is 4.66. The summed E-state index contributed by atoms with van der Waals surface area (Å²) in [7, 11) is 0. The van der Waals surface area contributed by atoms with E-state index in [9.17, 15) is 0 Å². The van der Waals surface area contributed by atoms with Crippen molar-refractivity contribution in [1.29, 1.82) is 0 Å². The summed E-state index contributed by atoms with van der Waals surface area (Å²) in [6, 6.07) is 29.3. The largest absolute Gasteiger partial charge is 0.256 e. The van der Waals surface area contributed by atoms with E-state index >= 15 is 0 Å². The van der Waals surface area contributed by atoms with Crippen LogP contribution in [0.25, 0.3) is 34.2 Å². The van der Waals surface area contributed by atoms with Gasteiger partial charge in [-0.3, -0.25) is 4.98 Å². The number of rotatable bonds is 3. The molecule has 1 heterocycles. The molecule has 0 aliphatic rings. The molecule has 0 saturated carbocycles. The molecule has 4 aromatic rings. The van der Waals surface area contributed by atoms with Crippen molar-refractivity contribution in [2.45, 2.75) is 0 Å². The molecule has 0 bridgehead atoms. The van der Waals surface area contributed by atoms with E-state index < -0.39 is 0 Å². The molecule has 1 aromatic heterocycles. The highest BCUT2D eigenvalue weighted by Crippen LogP contribution is 2.30. The number of pyridine rings is 1. The molecule has 0 aliphatic heterocycles. The lowest BCUT2D eigenvalue weighted by Crippen LogP contribution is -1.89. The fourth-order valence-electron chi connectivity index (χ4n) is 2.96. The van der Waals surface area contributed by atoms with Crippen LogP contribution in [0.5, 0.6) is 0 Å². The van der Waals surface area contributed by atoms with Crippen molar-refractivity contribution >= 4 is 22.9 Å². The molecule has 0 amide bonds. The van der Waals surface area contributed by atoms with Gasteiger partial charge in [0, 0.05) is 17.3 Å². The topological polar surface area (TPSA) is 12.9 Å². The molecule has 0 unspecified atom stereocenters. The second-order valence-corrected chi connectivity index (χ2v) is 5.71. The lowest BCUT2D eigenvalue weighted by Gasteiger charge is -2.09. The zero-order chi connectivity index (χ0) is 16.2. The molecule has 0 radical (unpaired) electrons. The fraction of sp³-hybridized carbons (Fsp3) is 0. The normalized spacial score (nSPS) is 11.2. The lowest BCUT2D eigenvalue weighted by molar-refractivity contribution is 1.32. The maximum atomic E-state index is 4.66. The summed E-state index contributed by atoms with van der Waals surface area (Å²) >= 11 is 0. The first-order chi connectivity index (χ1) is 11.9. The van der Waals surface area contributed by atoms with Gasteiger partial charge in [0.2, 0.25) is 0 Å². The summed E-state index contributed by atoms with van der Waals surface area (Å²) < 4.78 is 0. The van der Waals surface area contributed by atoms with Gasteiger partial charge >= 0.3 is 0 Å². The van der Waals surface area contributed by atoms with Crippen LogP contribution >= 0.6 is 0 Å². The van der Waals surface area contributed by atoms with Crippen molar-refractivity contribution < 1.29 is 0 Å². The Balaban J connectivity index is 1.83. The smallest absolute Gasteiger partial charge is 0.0780 e. The molecule has 1 nitrogen and oxygen atoms in total. The molecule has 0 aliphatic carbocycles. The number of fused-ring (bicyclic) bond motifs is 1. The molecule has 0 saturated heterocycles. The van der Waals surface area contributed by atoms with Gasteiger partial charge in [-0.15, -0.1) is 0 Å². The number of nitrogens with zero attached hydrogens (tertiary/aromatic N) is 1. The highest BCUT2D eigenvalue weighted by Gasteiger charge is 2.07. The summed E-state index contributed by atoms with van der Waals surface area (Å²) in [5.74, 6) is 0. The van der Waals surface area contributed by atoms with E-state index in [4.69, 9.17) is 0 Å². The Hall–Kier alpha value is -3.19. The third-order valence-corrected chi connectivity index (χ3v) is 4.14. The van der Waals surface area contributed by atoms with Crippen LogP contribution in [-0.4, -0.2) is 4.98 Å². The van der Waals surface area contributed by atoms with Gasteiger partial charge in [-0.05, 0) is 22.4 Å². The van der Waals surface area contributed by atoms with Crippen LogP contribution in [0.4, 0.5) is 0 Å². The van der Waals surface area contributed by atoms with Crippen LogP contribution in [-0.2, 0) is 0 Å². The Labute approximate surface area is 141 Å². The highest BCUT2D eigenvalue weighted by atomic mass is 14.7. The molecular formula is C23H17N. The Morgan fingerprint density at radius 3 is 2.33 bits per heavy atom. The monoisotopic (exact) mass is 307 g/mol. The first-order valence-electron chi connectivity index (χ1n) is 8.08. The molecule has 3 aromatic carbocycles. The standard InChI is InChI=1S/C23H17N/c1-2-8-18(9-3-1)15-16-20-12-7-17-24-23(20)22-14-6-11-19-10-4-5-13-21(19)22/h1-17H/b16-15+. The summed E-state index contributed by atoms with van der Waals surface area (Å²) in [5.41, 5.74) is 4.49. The minimum Gasteiger partial charge on any atom is -0.256 e. The van der Waals surface area contributed by atoms with Gasteiger partial charge in [0.15, 0.2) is 0 Å². The Bertz CT molecular complexity index is 995. The van der Waals surface area contributed by atoms with Crippen molar-refractivity contribution in [2.24, 2.45) is 0 Å². The van der Waals surface area contributed by atoms with E-state index in [1.807, 2.05) is 18.3 Å². The SMILES string of the molecule is C(=C\c1cccnc1-c1cccc2ccccc12)/c1ccccc1. The first-order valence-corrected chi connectivity index (χ1v) is 8.08. The Kier molecular flexibility index (Phi) is 3.91. The van der Waals surface area contributed by atoms with Crippen molar-refractivity contribution in [1.82, 2.24) is 4.98 Å². The minimum atomic E-state index is 1.02. The number of benzene rings is 3. The molecule has 0 fully saturated rings. The summed E-state index contributed by atoms with van der Waals surface area (Å²) in [6.45, 7) is 0. The average Bonchev–Trinajstić information content (AvgIpc) is 2.67. The third-order valence-electron chi connectivity index (χ3n) is 4.14. The molecule has 0 spiro atoms. The number of hydrogen-bond acceptors (Lipinski definition) is 1. The van der Waals surface area contributed by atoms with Crippen LogP contribution in [0.3, 0.4) is 0 Å². The Morgan fingerprint density at radius 1 is 0.625 bits per heavy atom. The van der Waals surface area contributed by atoms with Gasteiger partial charge in [-0.2, -0.15) is 0 Å². The van der Waals surface area contributed by atoms with Crippen molar-refractivity contribution in [3.63, 3.8) is 0 Å². The quantitative estimate of drug-likeness (QED) is 0.447. The van der Waals surface area contributed by atoms with Crippen LogP contribution < -0.4 is 0 Å². The fourth-order valence-corrected chi connectivity index (χ4v) is 2.96. The van der Waals surface area contributed by atoms with Crippen LogP contribution in [0.2, 0.25) is 0 Å². The van der Waals surface area contributed by atoms with E-state index in [2.05, 4.69) is 89.9 Å².